The van der Waals surface area contributed by atoms with E-state index >= 15 is 0 Å². The van der Waals surface area contributed by atoms with Gasteiger partial charge in [0.1, 0.15) is 22.2 Å². The number of tetrazole rings is 1. The first-order chi connectivity index (χ1) is 7.18. The van der Waals surface area contributed by atoms with Crippen molar-refractivity contribution < 1.29 is 0 Å². The number of hydrogen-bond acceptors (Lipinski definition) is 7. The van der Waals surface area contributed by atoms with Crippen molar-refractivity contribution in [1.82, 2.24) is 30.2 Å². The summed E-state index contributed by atoms with van der Waals surface area (Å²) in [6.07, 6.45) is 1.34. The van der Waals surface area contributed by atoms with Gasteiger partial charge in [-0.05, 0) is 22.2 Å². The largest absolute Gasteiger partial charge is 0.382 e. The third-order valence-electron chi connectivity index (χ3n) is 1.55. The van der Waals surface area contributed by atoms with Crippen LogP contribution in [-0.2, 0) is 7.05 Å². The SMILES string of the molecule is Cn1nnnc1Sc1ncnc(N)c1Cl. The van der Waals surface area contributed by atoms with Crippen molar-refractivity contribution >= 4 is 29.2 Å². The van der Waals surface area contributed by atoms with Gasteiger partial charge in [-0.1, -0.05) is 11.6 Å². The average Bonchev–Trinajstić information content (AvgIpc) is 2.60. The first-order valence-corrected chi connectivity index (χ1v) is 5.04. The van der Waals surface area contributed by atoms with Gasteiger partial charge in [-0.2, -0.15) is 0 Å². The van der Waals surface area contributed by atoms with Crippen LogP contribution in [0.4, 0.5) is 5.82 Å². The molecular weight excluding hydrogens is 238 g/mol. The smallest absolute Gasteiger partial charge is 0.215 e. The summed E-state index contributed by atoms with van der Waals surface area (Å²) in [5.74, 6) is 0.240. The lowest BCUT2D eigenvalue weighted by molar-refractivity contribution is 0.664. The standard InChI is InChI=1S/C6H6ClN7S/c1-14-6(11-12-13-14)15-5-3(7)4(8)9-2-10-5/h2H,1H3,(H2,8,9,10). The van der Waals surface area contributed by atoms with Gasteiger partial charge in [-0.25, -0.2) is 14.6 Å². The van der Waals surface area contributed by atoms with Crippen molar-refractivity contribution in [2.75, 3.05) is 5.73 Å². The van der Waals surface area contributed by atoms with Crippen LogP contribution in [0.1, 0.15) is 0 Å². The molecule has 0 aliphatic heterocycles. The molecule has 7 nitrogen and oxygen atoms in total. The van der Waals surface area contributed by atoms with E-state index in [2.05, 4.69) is 25.5 Å². The van der Waals surface area contributed by atoms with E-state index < -0.39 is 0 Å². The van der Waals surface area contributed by atoms with Gasteiger partial charge >= 0.3 is 0 Å². The lowest BCUT2D eigenvalue weighted by Gasteiger charge is -2.02. The number of halogens is 1. The number of anilines is 1. The second-order valence-electron chi connectivity index (χ2n) is 2.57. The van der Waals surface area contributed by atoms with Crippen molar-refractivity contribution in [3.05, 3.63) is 11.3 Å². The topological polar surface area (TPSA) is 95.4 Å². The number of nitrogens with two attached hydrogens (primary N) is 1. The Labute approximate surface area is 94.0 Å². The molecule has 0 aliphatic rings. The van der Waals surface area contributed by atoms with Gasteiger partial charge in [0.25, 0.3) is 0 Å². The molecule has 0 spiro atoms. The molecule has 9 heteroatoms. The lowest BCUT2D eigenvalue weighted by Crippen LogP contribution is -1.97. The maximum absolute atomic E-state index is 5.91. The summed E-state index contributed by atoms with van der Waals surface area (Å²) in [6.45, 7) is 0. The maximum Gasteiger partial charge on any atom is 0.215 e. The highest BCUT2D eigenvalue weighted by Crippen LogP contribution is 2.31. The first-order valence-electron chi connectivity index (χ1n) is 3.84. The van der Waals surface area contributed by atoms with Gasteiger partial charge in [0, 0.05) is 7.05 Å². The van der Waals surface area contributed by atoms with Crippen LogP contribution < -0.4 is 5.73 Å². The highest BCUT2D eigenvalue weighted by molar-refractivity contribution is 7.99. The Bertz CT molecular complexity index is 484. The molecule has 0 unspecified atom stereocenters. The molecule has 15 heavy (non-hydrogen) atoms. The number of aromatic nitrogens is 6. The van der Waals surface area contributed by atoms with Crippen LogP contribution >= 0.6 is 23.4 Å². The minimum Gasteiger partial charge on any atom is -0.382 e. The molecule has 2 heterocycles. The molecule has 0 amide bonds. The van der Waals surface area contributed by atoms with Gasteiger partial charge in [0.05, 0.1) is 0 Å². The van der Waals surface area contributed by atoms with E-state index in [1.54, 1.807) is 7.05 Å². The minimum absolute atomic E-state index is 0.240. The molecule has 2 aromatic rings. The van der Waals surface area contributed by atoms with Gasteiger partial charge in [-0.15, -0.1) is 5.10 Å². The summed E-state index contributed by atoms with van der Waals surface area (Å²) in [4.78, 5) is 7.74. The van der Waals surface area contributed by atoms with E-state index in [1.807, 2.05) is 0 Å². The van der Waals surface area contributed by atoms with Gasteiger partial charge < -0.3 is 5.73 Å². The molecule has 0 saturated heterocycles. The number of nitrogen functional groups attached to an aromatic ring is 1. The number of nitrogens with zero attached hydrogens (tertiary/aromatic N) is 6. The predicted octanol–water partition coefficient (Wildman–Crippen LogP) is 0.387. The summed E-state index contributed by atoms with van der Waals surface area (Å²) in [5, 5.41) is 12.4. The zero-order valence-electron chi connectivity index (χ0n) is 7.62. The van der Waals surface area contributed by atoms with E-state index in [1.165, 1.54) is 22.8 Å². The van der Waals surface area contributed by atoms with E-state index in [9.17, 15) is 0 Å². The molecule has 0 bridgehead atoms. The number of hydrogen-bond donors (Lipinski definition) is 1. The monoisotopic (exact) mass is 243 g/mol. The van der Waals surface area contributed by atoms with Gasteiger partial charge in [0.2, 0.25) is 5.16 Å². The van der Waals surface area contributed by atoms with E-state index in [4.69, 9.17) is 17.3 Å². The van der Waals surface area contributed by atoms with Crippen molar-refractivity contribution in [2.24, 2.45) is 7.05 Å². The Kier molecular flexibility index (Phi) is 2.69. The second-order valence-corrected chi connectivity index (χ2v) is 3.90. The molecule has 0 saturated carbocycles. The summed E-state index contributed by atoms with van der Waals surface area (Å²) >= 11 is 7.14. The highest BCUT2D eigenvalue weighted by Gasteiger charge is 2.11. The van der Waals surface area contributed by atoms with Crippen LogP contribution in [-0.4, -0.2) is 30.2 Å². The Morgan fingerprint density at radius 1 is 1.47 bits per heavy atom. The van der Waals surface area contributed by atoms with Crippen molar-refractivity contribution in [2.45, 2.75) is 10.2 Å². The summed E-state index contributed by atoms with van der Waals surface area (Å²) in [5.41, 5.74) is 5.53. The molecule has 2 aromatic heterocycles. The maximum atomic E-state index is 5.91. The Morgan fingerprint density at radius 2 is 2.27 bits per heavy atom. The summed E-state index contributed by atoms with van der Waals surface area (Å²) in [7, 11) is 1.72. The van der Waals surface area contributed by atoms with Crippen molar-refractivity contribution in [3.63, 3.8) is 0 Å². The summed E-state index contributed by atoms with van der Waals surface area (Å²) < 4.78 is 1.51. The molecule has 0 aromatic carbocycles. The highest BCUT2D eigenvalue weighted by atomic mass is 35.5. The molecule has 0 fully saturated rings. The molecule has 78 valence electrons. The molecule has 0 aliphatic carbocycles. The zero-order chi connectivity index (χ0) is 10.8. The summed E-state index contributed by atoms with van der Waals surface area (Å²) in [6, 6.07) is 0. The van der Waals surface area contributed by atoms with Crippen LogP contribution in [0.3, 0.4) is 0 Å². The molecular formula is C6H6ClN7S. The molecule has 0 radical (unpaired) electrons. The van der Waals surface area contributed by atoms with Crippen molar-refractivity contribution in [1.29, 1.82) is 0 Å². The number of rotatable bonds is 2. The van der Waals surface area contributed by atoms with E-state index in [-0.39, 0.29) is 5.82 Å². The minimum atomic E-state index is 0.240. The predicted molar refractivity (Wildman–Crippen MR) is 54.4 cm³/mol. The Balaban J connectivity index is 2.33. The Hall–Kier alpha value is -1.41. The van der Waals surface area contributed by atoms with Crippen molar-refractivity contribution in [3.8, 4) is 0 Å². The van der Waals surface area contributed by atoms with Crippen LogP contribution in [0.15, 0.2) is 16.5 Å². The lowest BCUT2D eigenvalue weighted by atomic mass is 10.6. The molecule has 2 N–H and O–H groups in total. The second kappa shape index (κ2) is 3.99. The quantitative estimate of drug-likeness (QED) is 0.762. The van der Waals surface area contributed by atoms with Crippen LogP contribution in [0.25, 0.3) is 0 Å². The van der Waals surface area contributed by atoms with E-state index in [0.717, 1.165) is 0 Å². The fourth-order valence-electron chi connectivity index (χ4n) is 0.832. The first kappa shape index (κ1) is 10.1. The average molecular weight is 244 g/mol. The van der Waals surface area contributed by atoms with Gasteiger partial charge in [-0.3, -0.25) is 0 Å². The fraction of sp³-hybridized carbons (Fsp3) is 0.167. The zero-order valence-corrected chi connectivity index (χ0v) is 9.20. The molecule has 0 atom stereocenters. The fourth-order valence-corrected chi connectivity index (χ4v) is 1.76. The third-order valence-corrected chi connectivity index (χ3v) is 3.07. The Morgan fingerprint density at radius 3 is 2.93 bits per heavy atom. The van der Waals surface area contributed by atoms with Gasteiger partial charge in [0.15, 0.2) is 0 Å². The van der Waals surface area contributed by atoms with Crippen LogP contribution in [0.2, 0.25) is 5.02 Å². The van der Waals surface area contributed by atoms with Crippen LogP contribution in [0.5, 0.6) is 0 Å². The number of aryl methyl sites for hydroxylation is 1. The normalized spacial score (nSPS) is 10.5. The third kappa shape index (κ3) is 2.00. The molecule has 2 rings (SSSR count). The van der Waals surface area contributed by atoms with Crippen LogP contribution in [0, 0.1) is 0 Å². The van der Waals surface area contributed by atoms with E-state index in [0.29, 0.717) is 15.2 Å².